The lowest BCUT2D eigenvalue weighted by Crippen LogP contribution is -2.43. The third-order valence-corrected chi connectivity index (χ3v) is 9.36. The van der Waals surface area contributed by atoms with E-state index in [9.17, 15) is 14.3 Å². The summed E-state index contributed by atoms with van der Waals surface area (Å²) in [5.74, 6) is -1.25. The zero-order valence-corrected chi connectivity index (χ0v) is 15.7. The third-order valence-electron chi connectivity index (χ3n) is 4.86. The van der Waals surface area contributed by atoms with Crippen molar-refractivity contribution >= 4 is 14.1 Å². The number of nitrogens with two attached hydrogens (primary N) is 1. The number of anilines is 1. The molecule has 0 aromatic carbocycles. The first-order valence-corrected chi connectivity index (χ1v) is 10.8. The molecule has 136 valence electrons. The highest BCUT2D eigenvalue weighted by atomic mass is 28.4. The summed E-state index contributed by atoms with van der Waals surface area (Å²) in [7, 11) is -1.98. The van der Waals surface area contributed by atoms with Crippen LogP contribution in [0.1, 0.15) is 33.4 Å². The Morgan fingerprint density at radius 3 is 2.75 bits per heavy atom. The minimum atomic E-state index is -1.98. The topological polar surface area (TPSA) is 99.6 Å². The van der Waals surface area contributed by atoms with Crippen molar-refractivity contribution in [2.24, 2.45) is 0 Å². The van der Waals surface area contributed by atoms with Crippen LogP contribution in [-0.4, -0.2) is 41.8 Å². The summed E-state index contributed by atoms with van der Waals surface area (Å²) in [5, 5.41) is 10.2. The largest absolute Gasteiger partial charge is 0.414 e. The van der Waals surface area contributed by atoms with Gasteiger partial charge >= 0.3 is 5.69 Å². The summed E-state index contributed by atoms with van der Waals surface area (Å²) in [6.45, 7) is 10.8. The number of aliphatic hydroxyl groups excluding tert-OH is 1. The van der Waals surface area contributed by atoms with E-state index in [0.29, 0.717) is 0 Å². The monoisotopic (exact) mass is 359 g/mol. The van der Waals surface area contributed by atoms with Crippen LogP contribution in [-0.2, 0) is 9.16 Å². The van der Waals surface area contributed by atoms with E-state index in [1.54, 1.807) is 0 Å². The fraction of sp³-hybridized carbons (Fsp3) is 0.733. The van der Waals surface area contributed by atoms with Gasteiger partial charge < -0.3 is 20.0 Å². The molecule has 0 amide bonds. The van der Waals surface area contributed by atoms with Gasteiger partial charge in [-0.1, -0.05) is 20.8 Å². The molecule has 0 aliphatic carbocycles. The van der Waals surface area contributed by atoms with Crippen LogP contribution >= 0.6 is 0 Å². The van der Waals surface area contributed by atoms with Crippen LogP contribution in [0.5, 0.6) is 0 Å². The van der Waals surface area contributed by atoms with E-state index in [1.165, 1.54) is 0 Å². The number of aromatic nitrogens is 2. The van der Waals surface area contributed by atoms with E-state index in [4.69, 9.17) is 14.9 Å². The van der Waals surface area contributed by atoms with E-state index in [-0.39, 0.29) is 18.1 Å². The number of rotatable bonds is 4. The predicted molar refractivity (Wildman–Crippen MR) is 90.6 cm³/mol. The van der Waals surface area contributed by atoms with Gasteiger partial charge in [0.15, 0.2) is 20.0 Å². The molecular weight excluding hydrogens is 333 g/mol. The molecule has 1 aliphatic heterocycles. The fourth-order valence-electron chi connectivity index (χ4n) is 2.21. The van der Waals surface area contributed by atoms with Crippen molar-refractivity contribution in [2.75, 3.05) is 12.3 Å². The standard InChI is InChI=1S/C15H26FN3O4Si/c1-15(2,3)24(4,5)22-8-11-10(20)6-12(23-11)19-7-9(16)13(17)18-14(19)21/h7,10-12,20H,6,8H2,1-5H3,(H2,17,18,21)/t10-,11-,12-/m0/s1. The lowest BCUT2D eigenvalue weighted by molar-refractivity contribution is -0.0434. The number of halogens is 1. The van der Waals surface area contributed by atoms with Crippen LogP contribution in [0.15, 0.2) is 11.0 Å². The maximum atomic E-state index is 13.6. The molecule has 0 unspecified atom stereocenters. The molecule has 2 heterocycles. The second kappa shape index (κ2) is 6.55. The Kier molecular flexibility index (Phi) is 5.19. The Balaban J connectivity index is 2.08. The van der Waals surface area contributed by atoms with Crippen molar-refractivity contribution in [1.29, 1.82) is 0 Å². The molecule has 7 nitrogen and oxygen atoms in total. The first-order chi connectivity index (χ1) is 10.9. The van der Waals surface area contributed by atoms with Gasteiger partial charge in [-0.2, -0.15) is 4.98 Å². The van der Waals surface area contributed by atoms with Crippen molar-refractivity contribution in [1.82, 2.24) is 9.55 Å². The zero-order valence-electron chi connectivity index (χ0n) is 14.7. The van der Waals surface area contributed by atoms with Crippen molar-refractivity contribution in [3.8, 4) is 0 Å². The lowest BCUT2D eigenvalue weighted by Gasteiger charge is -2.37. The first-order valence-electron chi connectivity index (χ1n) is 7.94. The molecule has 1 fully saturated rings. The Bertz CT molecular complexity index is 659. The molecule has 9 heteroatoms. The molecule has 1 aromatic heterocycles. The van der Waals surface area contributed by atoms with Crippen molar-refractivity contribution in [3.05, 3.63) is 22.5 Å². The minimum absolute atomic E-state index is 0.0386. The molecular formula is C15H26FN3O4Si. The molecule has 0 spiro atoms. The average molecular weight is 359 g/mol. The van der Waals surface area contributed by atoms with E-state index in [0.717, 1.165) is 10.8 Å². The summed E-state index contributed by atoms with van der Waals surface area (Å²) < 4.78 is 26.3. The predicted octanol–water partition coefficient (Wildman–Crippen LogP) is 1.63. The van der Waals surface area contributed by atoms with Gasteiger partial charge in [0.25, 0.3) is 0 Å². The second-order valence-corrected chi connectivity index (χ2v) is 12.5. The van der Waals surface area contributed by atoms with E-state index < -0.39 is 44.1 Å². The maximum absolute atomic E-state index is 13.6. The smallest absolute Gasteiger partial charge is 0.351 e. The molecule has 0 bridgehead atoms. The lowest BCUT2D eigenvalue weighted by atomic mass is 10.2. The number of nitrogens with zero attached hydrogens (tertiary/aromatic N) is 2. The summed E-state index contributed by atoms with van der Waals surface area (Å²) in [6, 6.07) is 0. The average Bonchev–Trinajstić information content (AvgIpc) is 2.80. The molecule has 1 aliphatic rings. The van der Waals surface area contributed by atoms with E-state index in [1.807, 2.05) is 0 Å². The number of aliphatic hydroxyl groups is 1. The van der Waals surface area contributed by atoms with Gasteiger partial charge in [-0.15, -0.1) is 0 Å². The van der Waals surface area contributed by atoms with Crippen LogP contribution in [0.4, 0.5) is 10.2 Å². The molecule has 3 atom stereocenters. The van der Waals surface area contributed by atoms with Gasteiger partial charge in [0.2, 0.25) is 0 Å². The molecule has 0 radical (unpaired) electrons. The SMILES string of the molecule is CC(C)(C)[Si](C)(C)OC[C@@H]1O[C@H](n2cc(F)c(N)nc2=O)C[C@@H]1O. The molecule has 3 N–H and O–H groups in total. The number of hydrogen-bond donors (Lipinski definition) is 2. The molecule has 1 saturated heterocycles. The summed E-state index contributed by atoms with van der Waals surface area (Å²) in [5.41, 5.74) is 4.56. The Labute approximate surface area is 141 Å². The minimum Gasteiger partial charge on any atom is -0.414 e. The zero-order chi connectivity index (χ0) is 18.3. The Hall–Kier alpha value is -1.29. The molecule has 24 heavy (non-hydrogen) atoms. The van der Waals surface area contributed by atoms with Crippen molar-refractivity contribution in [3.63, 3.8) is 0 Å². The van der Waals surface area contributed by atoms with Gasteiger partial charge in [0.05, 0.1) is 18.9 Å². The van der Waals surface area contributed by atoms with Crippen LogP contribution in [0, 0.1) is 5.82 Å². The molecule has 0 saturated carbocycles. The first kappa shape index (κ1) is 19.0. The van der Waals surface area contributed by atoms with Crippen LogP contribution < -0.4 is 11.4 Å². The van der Waals surface area contributed by atoms with E-state index in [2.05, 4.69) is 38.8 Å². The van der Waals surface area contributed by atoms with Crippen molar-refractivity contribution in [2.45, 2.75) is 63.8 Å². The summed E-state index contributed by atoms with van der Waals surface area (Å²) >= 11 is 0. The van der Waals surface area contributed by atoms with Crippen LogP contribution in [0.2, 0.25) is 18.1 Å². The fourth-order valence-corrected chi connectivity index (χ4v) is 3.22. The summed E-state index contributed by atoms with van der Waals surface area (Å²) in [4.78, 5) is 15.3. The second-order valence-electron chi connectivity index (χ2n) is 7.67. The number of hydrogen-bond acceptors (Lipinski definition) is 6. The van der Waals surface area contributed by atoms with Crippen LogP contribution in [0.25, 0.3) is 0 Å². The molecule has 1 aromatic rings. The van der Waals surface area contributed by atoms with Crippen molar-refractivity contribution < 1.29 is 18.7 Å². The highest BCUT2D eigenvalue weighted by Crippen LogP contribution is 2.37. The summed E-state index contributed by atoms with van der Waals surface area (Å²) in [6.07, 6.45) is -1.04. The van der Waals surface area contributed by atoms with Crippen LogP contribution in [0.3, 0.4) is 0 Å². The third kappa shape index (κ3) is 3.85. The van der Waals surface area contributed by atoms with Gasteiger partial charge in [0, 0.05) is 6.42 Å². The highest BCUT2D eigenvalue weighted by molar-refractivity contribution is 6.74. The Morgan fingerprint density at radius 1 is 1.54 bits per heavy atom. The highest BCUT2D eigenvalue weighted by Gasteiger charge is 2.41. The number of nitrogen functional groups attached to an aromatic ring is 1. The molecule has 2 rings (SSSR count). The maximum Gasteiger partial charge on any atom is 0.351 e. The van der Waals surface area contributed by atoms with E-state index >= 15 is 0 Å². The number of ether oxygens (including phenoxy) is 1. The van der Waals surface area contributed by atoms with Gasteiger partial charge in [-0.05, 0) is 18.1 Å². The van der Waals surface area contributed by atoms with Gasteiger partial charge in [-0.25, -0.2) is 9.18 Å². The van der Waals surface area contributed by atoms with Gasteiger partial charge in [0.1, 0.15) is 12.3 Å². The quantitative estimate of drug-likeness (QED) is 0.793. The normalized spacial score (nSPS) is 25.2. The van der Waals surface area contributed by atoms with Gasteiger partial charge in [-0.3, -0.25) is 4.57 Å². The Morgan fingerprint density at radius 2 is 2.17 bits per heavy atom.